The molecule has 0 saturated carbocycles. The molecule has 5 rings (SSSR count). The Kier molecular flexibility index (Phi) is 11.4. The van der Waals surface area contributed by atoms with Crippen LogP contribution in [0.2, 0.25) is 0 Å². The molecule has 0 spiro atoms. The number of benzene rings is 4. The number of hydrogen-bond acceptors (Lipinski definition) is 6. The predicted octanol–water partition coefficient (Wildman–Crippen LogP) is 7.20. The van der Waals surface area contributed by atoms with Crippen LogP contribution in [0.25, 0.3) is 0 Å². The van der Waals surface area contributed by atoms with Gasteiger partial charge in [0, 0.05) is 11.3 Å². The Labute approximate surface area is 253 Å². The molecule has 6 heteroatoms. The molecular weight excluding hydrogens is 544 g/mol. The first kappa shape index (κ1) is 30.2. The number of rotatable bonds is 14. The van der Waals surface area contributed by atoms with Crippen molar-refractivity contribution in [2.24, 2.45) is 0 Å². The van der Waals surface area contributed by atoms with Crippen molar-refractivity contribution in [1.82, 2.24) is 0 Å². The van der Waals surface area contributed by atoms with E-state index < -0.39 is 12.2 Å². The van der Waals surface area contributed by atoms with Gasteiger partial charge in [-0.05, 0) is 35.7 Å². The second-order valence-corrected chi connectivity index (χ2v) is 11.8. The highest BCUT2D eigenvalue weighted by atomic mass is 32.2. The number of aryl methyl sites for hydroxylation is 1. The molecular formula is C36H38O5S. The Hall–Kier alpha value is -3.26. The second-order valence-electron chi connectivity index (χ2n) is 10.5. The maximum Gasteiger partial charge on any atom is 0.122 e. The molecule has 0 N–H and O–H groups in total. The molecule has 1 fully saturated rings. The summed E-state index contributed by atoms with van der Waals surface area (Å²) < 4.78 is 26.3. The number of hydrogen-bond donors (Lipinski definition) is 0. The van der Waals surface area contributed by atoms with Crippen LogP contribution in [0.15, 0.2) is 120 Å². The zero-order valence-electron chi connectivity index (χ0n) is 23.9. The van der Waals surface area contributed by atoms with Crippen molar-refractivity contribution in [2.75, 3.05) is 6.61 Å². The molecule has 4 aromatic rings. The van der Waals surface area contributed by atoms with E-state index in [0.717, 1.165) is 27.9 Å². The topological polar surface area (TPSA) is 54.0 Å². The summed E-state index contributed by atoms with van der Waals surface area (Å²) in [6.07, 6.45) is -0.362. The lowest BCUT2D eigenvalue weighted by atomic mass is 9.95. The average molecular weight is 583 g/mol. The first-order valence-corrected chi connectivity index (χ1v) is 15.3. The summed E-state index contributed by atoms with van der Waals surface area (Å²) in [5, 5.41) is -0.173. The minimum Gasteiger partial charge on any atom is -0.374 e. The van der Waals surface area contributed by atoms with Gasteiger partial charge < -0.3 is 23.7 Å². The summed E-state index contributed by atoms with van der Waals surface area (Å²) in [5.74, 6) is 0. The Morgan fingerprint density at radius 2 is 1.19 bits per heavy atom. The minimum atomic E-state index is -0.421. The highest BCUT2D eigenvalue weighted by molar-refractivity contribution is 8.00. The molecule has 5 atom stereocenters. The molecule has 0 radical (unpaired) electrons. The van der Waals surface area contributed by atoms with Crippen LogP contribution in [-0.2, 0) is 43.6 Å². The maximum absolute atomic E-state index is 11.9. The summed E-state index contributed by atoms with van der Waals surface area (Å²) in [6, 6.07) is 38.8. The van der Waals surface area contributed by atoms with Crippen LogP contribution >= 0.6 is 11.8 Å². The van der Waals surface area contributed by atoms with E-state index in [4.69, 9.17) is 18.9 Å². The standard InChI is InChI=1S/C36H38O5S/c1-27-17-19-31(20-18-27)42-36-32(21-22-37)41-33(26-38-23-28-11-5-2-6-12-28)34(39-24-29-13-7-3-8-14-29)35(36)40-25-30-15-9-4-10-16-30/h2-20,22,32-36H,21,23-26H2,1H3/t32-,33-,34+,35+,36-/m1/s1. The molecule has 42 heavy (non-hydrogen) atoms. The highest BCUT2D eigenvalue weighted by Crippen LogP contribution is 2.39. The molecule has 0 amide bonds. The summed E-state index contributed by atoms with van der Waals surface area (Å²) in [7, 11) is 0. The fourth-order valence-electron chi connectivity index (χ4n) is 5.12. The van der Waals surface area contributed by atoms with Crippen molar-refractivity contribution >= 4 is 18.0 Å². The number of thioether (sulfide) groups is 1. The lowest BCUT2D eigenvalue weighted by Crippen LogP contribution is -2.59. The molecule has 0 aromatic heterocycles. The number of aldehydes is 1. The number of ether oxygens (including phenoxy) is 4. The number of carbonyl (C=O) groups is 1. The van der Waals surface area contributed by atoms with Crippen molar-refractivity contribution in [3.63, 3.8) is 0 Å². The van der Waals surface area contributed by atoms with E-state index in [0.29, 0.717) is 26.4 Å². The van der Waals surface area contributed by atoms with Crippen LogP contribution in [0.3, 0.4) is 0 Å². The third-order valence-electron chi connectivity index (χ3n) is 7.32. The van der Waals surface area contributed by atoms with E-state index in [2.05, 4.69) is 55.5 Å². The molecule has 0 unspecified atom stereocenters. The lowest BCUT2D eigenvalue weighted by molar-refractivity contribution is -0.216. The van der Waals surface area contributed by atoms with Gasteiger partial charge in [0.2, 0.25) is 0 Å². The zero-order valence-corrected chi connectivity index (χ0v) is 24.7. The first-order valence-electron chi connectivity index (χ1n) is 14.4. The van der Waals surface area contributed by atoms with Crippen molar-refractivity contribution in [3.8, 4) is 0 Å². The van der Waals surface area contributed by atoms with Gasteiger partial charge >= 0.3 is 0 Å². The molecule has 5 nitrogen and oxygen atoms in total. The van der Waals surface area contributed by atoms with Crippen molar-refractivity contribution < 1.29 is 23.7 Å². The van der Waals surface area contributed by atoms with Crippen LogP contribution in [0.5, 0.6) is 0 Å². The fraction of sp³-hybridized carbons (Fsp3) is 0.306. The van der Waals surface area contributed by atoms with Gasteiger partial charge in [0.25, 0.3) is 0 Å². The van der Waals surface area contributed by atoms with Gasteiger partial charge in [-0.1, -0.05) is 109 Å². The molecule has 1 heterocycles. The van der Waals surface area contributed by atoms with Crippen LogP contribution in [0, 0.1) is 6.92 Å². The van der Waals surface area contributed by atoms with E-state index >= 15 is 0 Å². The van der Waals surface area contributed by atoms with Crippen LogP contribution in [0.4, 0.5) is 0 Å². The van der Waals surface area contributed by atoms with E-state index in [1.54, 1.807) is 11.8 Å². The van der Waals surface area contributed by atoms with Crippen LogP contribution in [-0.4, -0.2) is 42.6 Å². The number of carbonyl (C=O) groups excluding carboxylic acids is 1. The van der Waals surface area contributed by atoms with Gasteiger partial charge in [-0.25, -0.2) is 0 Å². The van der Waals surface area contributed by atoms with E-state index in [1.165, 1.54) is 5.56 Å². The third-order valence-corrected chi connectivity index (χ3v) is 8.70. The van der Waals surface area contributed by atoms with E-state index in [9.17, 15) is 4.79 Å². The average Bonchev–Trinajstić information content (AvgIpc) is 3.03. The van der Waals surface area contributed by atoms with Gasteiger partial charge in [-0.3, -0.25) is 0 Å². The quantitative estimate of drug-likeness (QED) is 0.147. The van der Waals surface area contributed by atoms with Gasteiger partial charge in [0.15, 0.2) is 0 Å². The lowest BCUT2D eigenvalue weighted by Gasteiger charge is -2.46. The second kappa shape index (κ2) is 15.8. The van der Waals surface area contributed by atoms with Crippen molar-refractivity contribution in [2.45, 2.75) is 67.7 Å². The summed E-state index contributed by atoms with van der Waals surface area (Å²) >= 11 is 1.68. The van der Waals surface area contributed by atoms with E-state index in [1.807, 2.05) is 66.7 Å². The van der Waals surface area contributed by atoms with Gasteiger partial charge in [-0.15, -0.1) is 11.8 Å². The monoisotopic (exact) mass is 582 g/mol. The van der Waals surface area contributed by atoms with Gasteiger partial charge in [0.1, 0.15) is 24.6 Å². The Morgan fingerprint density at radius 3 is 1.74 bits per heavy atom. The highest BCUT2D eigenvalue weighted by Gasteiger charge is 2.47. The van der Waals surface area contributed by atoms with Crippen molar-refractivity contribution in [3.05, 3.63) is 138 Å². The predicted molar refractivity (Wildman–Crippen MR) is 166 cm³/mol. The SMILES string of the molecule is Cc1ccc(S[C@H]2[C@@H](OCc3ccccc3)[C@@H](OCc3ccccc3)[C@@H](COCc3ccccc3)O[C@@H]2CC=O)cc1. The molecule has 218 valence electrons. The zero-order chi connectivity index (χ0) is 29.0. The molecule has 1 aliphatic heterocycles. The molecule has 0 bridgehead atoms. The maximum atomic E-state index is 11.9. The molecule has 1 saturated heterocycles. The third kappa shape index (κ3) is 8.63. The Balaban J connectivity index is 1.43. The summed E-state index contributed by atoms with van der Waals surface area (Å²) in [5.41, 5.74) is 4.43. The van der Waals surface area contributed by atoms with E-state index in [-0.39, 0.29) is 23.9 Å². The normalized spacial score (nSPS) is 22.1. The van der Waals surface area contributed by atoms with Gasteiger partial charge in [-0.2, -0.15) is 0 Å². The Morgan fingerprint density at radius 1 is 0.667 bits per heavy atom. The largest absolute Gasteiger partial charge is 0.374 e. The molecule has 0 aliphatic carbocycles. The minimum absolute atomic E-state index is 0.173. The van der Waals surface area contributed by atoms with Crippen LogP contribution < -0.4 is 0 Å². The first-order chi connectivity index (χ1) is 20.7. The Bertz CT molecular complexity index is 1330. The molecule has 4 aromatic carbocycles. The fourth-order valence-corrected chi connectivity index (χ4v) is 6.42. The van der Waals surface area contributed by atoms with Gasteiger partial charge in [0.05, 0.1) is 37.8 Å². The van der Waals surface area contributed by atoms with Crippen LogP contribution in [0.1, 0.15) is 28.7 Å². The summed E-state index contributed by atoms with van der Waals surface area (Å²) in [4.78, 5) is 13.0. The summed E-state index contributed by atoms with van der Waals surface area (Å²) in [6.45, 7) is 3.69. The van der Waals surface area contributed by atoms with Crippen molar-refractivity contribution in [1.29, 1.82) is 0 Å². The molecule has 1 aliphatic rings. The smallest absolute Gasteiger partial charge is 0.122 e.